The van der Waals surface area contributed by atoms with E-state index in [9.17, 15) is 31.4 Å². The molecule has 0 aliphatic rings. The minimum Gasteiger partial charge on any atom is -0.387 e. The molecule has 1 aromatic heterocycles. The summed E-state index contributed by atoms with van der Waals surface area (Å²) in [5, 5.41) is 11.2. The molecule has 0 aliphatic heterocycles. The lowest BCUT2D eigenvalue weighted by Crippen LogP contribution is -2.30. The molecule has 1 heterocycles. The highest BCUT2D eigenvalue weighted by molar-refractivity contribution is 5.72. The summed E-state index contributed by atoms with van der Waals surface area (Å²) >= 11 is 0. The minimum absolute atomic E-state index is 0.425. The van der Waals surface area contributed by atoms with E-state index in [1.165, 1.54) is 24.3 Å². The summed E-state index contributed by atoms with van der Waals surface area (Å²) in [6.45, 7) is 6.37. The molecule has 1 atom stereocenters. The van der Waals surface area contributed by atoms with Crippen LogP contribution in [0.5, 0.6) is 0 Å². The first-order chi connectivity index (χ1) is 19.9. The van der Waals surface area contributed by atoms with Crippen LogP contribution in [0.4, 0.5) is 26.3 Å². The van der Waals surface area contributed by atoms with E-state index in [2.05, 4.69) is 23.7 Å². The monoisotopic (exact) mass is 590 g/mol. The zero-order valence-electron chi connectivity index (χ0n) is 23.7. The highest BCUT2D eigenvalue weighted by Crippen LogP contribution is 2.30. The molecule has 0 saturated heterocycles. The molecule has 0 bridgehead atoms. The van der Waals surface area contributed by atoms with Gasteiger partial charge in [0.15, 0.2) is 0 Å². The second-order valence-corrected chi connectivity index (χ2v) is 10.2. The van der Waals surface area contributed by atoms with Gasteiger partial charge in [0.1, 0.15) is 0 Å². The zero-order chi connectivity index (χ0) is 30.8. The minimum atomic E-state index is -4.43. The molecule has 0 amide bonds. The number of benzene rings is 2. The average Bonchev–Trinajstić information content (AvgIpc) is 2.95. The molecule has 0 spiro atoms. The van der Waals surface area contributed by atoms with Crippen molar-refractivity contribution >= 4 is 24.3 Å². The van der Waals surface area contributed by atoms with Gasteiger partial charge in [0, 0.05) is 6.54 Å². The van der Waals surface area contributed by atoms with Crippen molar-refractivity contribution in [1.82, 2.24) is 9.88 Å². The number of alkyl halides is 6. The third-order valence-corrected chi connectivity index (χ3v) is 6.73. The number of unbranched alkanes of at least 4 members (excludes halogenated alkanes) is 2. The largest absolute Gasteiger partial charge is 0.416 e. The molecule has 3 nitrogen and oxygen atoms in total. The van der Waals surface area contributed by atoms with Gasteiger partial charge in [0.2, 0.25) is 0 Å². The Kier molecular flexibility index (Phi) is 11.9. The molecule has 0 radical (unpaired) electrons. The number of halogens is 6. The number of aromatic nitrogens is 1. The molecular formula is C33H36F6N2O. The lowest BCUT2D eigenvalue weighted by Gasteiger charge is -2.25. The van der Waals surface area contributed by atoms with Crippen LogP contribution >= 0.6 is 0 Å². The second-order valence-electron chi connectivity index (χ2n) is 10.2. The van der Waals surface area contributed by atoms with Crippen LogP contribution in [0.2, 0.25) is 0 Å². The van der Waals surface area contributed by atoms with Gasteiger partial charge in [0.25, 0.3) is 0 Å². The maximum Gasteiger partial charge on any atom is 0.416 e. The summed E-state index contributed by atoms with van der Waals surface area (Å²) in [6.07, 6.45) is 0.989. The normalized spacial score (nSPS) is 13.5. The molecule has 226 valence electrons. The standard InChI is InChI=1S/C33H36F6N2O/c1-3-5-19-41(20-6-4-2)23-31(42)26-21-29(17-11-24-7-13-27(14-8-24)32(34,35)36)40-30(22-26)18-12-25-9-15-28(16-10-25)33(37,38)39/h7-18,21-22,31,42H,3-6,19-20,23H2,1-2H3/b17-11+,18-12+. The van der Waals surface area contributed by atoms with Gasteiger partial charge >= 0.3 is 12.4 Å². The lowest BCUT2D eigenvalue weighted by molar-refractivity contribution is -0.138. The first kappa shape index (κ1) is 33.1. The van der Waals surface area contributed by atoms with Crippen LogP contribution in [0.25, 0.3) is 24.3 Å². The van der Waals surface area contributed by atoms with Crippen molar-refractivity contribution < 1.29 is 31.4 Å². The van der Waals surface area contributed by atoms with E-state index < -0.39 is 29.6 Å². The van der Waals surface area contributed by atoms with Gasteiger partial charge in [-0.05, 0) is 91.2 Å². The van der Waals surface area contributed by atoms with Gasteiger partial charge < -0.3 is 10.0 Å². The number of rotatable bonds is 13. The first-order valence-electron chi connectivity index (χ1n) is 14.0. The van der Waals surface area contributed by atoms with Crippen molar-refractivity contribution in [3.05, 3.63) is 99.9 Å². The van der Waals surface area contributed by atoms with Gasteiger partial charge in [0.05, 0.1) is 28.6 Å². The molecule has 1 N–H and O–H groups in total. The number of hydrogen-bond acceptors (Lipinski definition) is 3. The molecule has 0 saturated carbocycles. The topological polar surface area (TPSA) is 36.4 Å². The fourth-order valence-corrected chi connectivity index (χ4v) is 4.30. The van der Waals surface area contributed by atoms with Gasteiger partial charge in [-0.15, -0.1) is 0 Å². The maximum atomic E-state index is 12.9. The Bertz CT molecular complexity index is 1220. The quantitative estimate of drug-likeness (QED) is 0.202. The Labute approximate surface area is 243 Å². The molecule has 0 fully saturated rings. The summed E-state index contributed by atoms with van der Waals surface area (Å²) in [5.41, 5.74) is 1.18. The number of aliphatic hydroxyl groups excluding tert-OH is 1. The average molecular weight is 591 g/mol. The summed E-state index contributed by atoms with van der Waals surface area (Å²) in [5.74, 6) is 0. The number of nitrogens with zero attached hydrogens (tertiary/aromatic N) is 2. The Morgan fingerprint density at radius 3 is 1.45 bits per heavy atom. The molecule has 9 heteroatoms. The van der Waals surface area contributed by atoms with E-state index >= 15 is 0 Å². The van der Waals surface area contributed by atoms with Crippen LogP contribution in [-0.2, 0) is 12.4 Å². The van der Waals surface area contributed by atoms with Crippen LogP contribution < -0.4 is 0 Å². The van der Waals surface area contributed by atoms with Crippen LogP contribution in [0, 0.1) is 0 Å². The molecule has 3 rings (SSSR count). The maximum absolute atomic E-state index is 12.9. The van der Waals surface area contributed by atoms with Crippen molar-refractivity contribution in [2.24, 2.45) is 0 Å². The summed E-state index contributed by atoms with van der Waals surface area (Å²) in [6, 6.07) is 13.0. The molecule has 0 aliphatic carbocycles. The number of hydrogen-bond donors (Lipinski definition) is 1. The summed E-state index contributed by atoms with van der Waals surface area (Å²) in [4.78, 5) is 6.81. The van der Waals surface area contributed by atoms with Crippen molar-refractivity contribution in [2.75, 3.05) is 19.6 Å². The summed E-state index contributed by atoms with van der Waals surface area (Å²) in [7, 11) is 0. The SMILES string of the molecule is CCCCN(CCCC)CC(O)c1cc(/C=C/c2ccc(C(F)(F)F)cc2)nc(/C=C/c2ccc(C(F)(F)F)cc2)c1. The highest BCUT2D eigenvalue weighted by atomic mass is 19.4. The Morgan fingerprint density at radius 1 is 0.690 bits per heavy atom. The number of aliphatic hydroxyl groups is 1. The first-order valence-corrected chi connectivity index (χ1v) is 14.0. The van der Waals surface area contributed by atoms with Crippen molar-refractivity contribution in [1.29, 1.82) is 0 Å². The van der Waals surface area contributed by atoms with E-state index in [1.807, 2.05) is 0 Å². The van der Waals surface area contributed by atoms with Gasteiger partial charge in [-0.25, -0.2) is 4.98 Å². The smallest absolute Gasteiger partial charge is 0.387 e. The van der Waals surface area contributed by atoms with E-state index in [1.54, 1.807) is 36.4 Å². The number of pyridine rings is 1. The zero-order valence-corrected chi connectivity index (χ0v) is 23.7. The molecular weight excluding hydrogens is 554 g/mol. The summed E-state index contributed by atoms with van der Waals surface area (Å²) < 4.78 is 77.5. The highest BCUT2D eigenvalue weighted by Gasteiger charge is 2.30. The van der Waals surface area contributed by atoms with E-state index in [0.717, 1.165) is 63.0 Å². The fourth-order valence-electron chi connectivity index (χ4n) is 4.30. The third kappa shape index (κ3) is 10.4. The second kappa shape index (κ2) is 15.2. The van der Waals surface area contributed by atoms with Crippen molar-refractivity contribution in [3.63, 3.8) is 0 Å². The molecule has 42 heavy (non-hydrogen) atoms. The van der Waals surface area contributed by atoms with E-state index in [4.69, 9.17) is 0 Å². The molecule has 3 aromatic rings. The predicted octanol–water partition coefficient (Wildman–Crippen LogP) is 9.40. The van der Waals surface area contributed by atoms with Crippen LogP contribution in [0.15, 0.2) is 60.7 Å². The van der Waals surface area contributed by atoms with Crippen LogP contribution in [0.3, 0.4) is 0 Å². The Morgan fingerprint density at radius 2 is 1.10 bits per heavy atom. The van der Waals surface area contributed by atoms with Crippen LogP contribution in [0.1, 0.15) is 84.8 Å². The lowest BCUT2D eigenvalue weighted by atomic mass is 10.0. The van der Waals surface area contributed by atoms with Gasteiger partial charge in [-0.2, -0.15) is 26.3 Å². The third-order valence-electron chi connectivity index (χ3n) is 6.73. The predicted molar refractivity (Wildman–Crippen MR) is 156 cm³/mol. The Hall–Kier alpha value is -3.43. The van der Waals surface area contributed by atoms with Crippen molar-refractivity contribution in [3.8, 4) is 0 Å². The van der Waals surface area contributed by atoms with E-state index in [0.29, 0.717) is 34.6 Å². The van der Waals surface area contributed by atoms with Crippen molar-refractivity contribution in [2.45, 2.75) is 58.0 Å². The Balaban J connectivity index is 1.90. The van der Waals surface area contributed by atoms with Gasteiger partial charge in [-0.3, -0.25) is 0 Å². The molecule has 2 aromatic carbocycles. The van der Waals surface area contributed by atoms with Crippen LogP contribution in [-0.4, -0.2) is 34.6 Å². The fraction of sp³-hybridized carbons (Fsp3) is 0.364. The molecule has 1 unspecified atom stereocenters. The van der Waals surface area contributed by atoms with E-state index in [-0.39, 0.29) is 0 Å². The van der Waals surface area contributed by atoms with Gasteiger partial charge in [-0.1, -0.05) is 63.1 Å².